The lowest BCUT2D eigenvalue weighted by Gasteiger charge is -2.23. The van der Waals surface area contributed by atoms with Crippen molar-refractivity contribution in [2.45, 2.75) is 12.5 Å². The van der Waals surface area contributed by atoms with Crippen molar-refractivity contribution in [3.63, 3.8) is 0 Å². The number of fused-ring (bicyclic) bond motifs is 1. The van der Waals surface area contributed by atoms with E-state index in [1.807, 2.05) is 6.07 Å². The summed E-state index contributed by atoms with van der Waals surface area (Å²) < 4.78 is 10.6. The molecule has 0 saturated heterocycles. The van der Waals surface area contributed by atoms with Crippen LogP contribution in [0.5, 0.6) is 11.5 Å². The second kappa shape index (κ2) is 3.38. The van der Waals surface area contributed by atoms with Crippen molar-refractivity contribution >= 4 is 5.69 Å². The smallest absolute Gasteiger partial charge is 0.142 e. The minimum Gasteiger partial charge on any atom is -0.495 e. The minimum absolute atomic E-state index is 0.0215. The summed E-state index contributed by atoms with van der Waals surface area (Å²) in [7, 11) is 1.59. The summed E-state index contributed by atoms with van der Waals surface area (Å²) >= 11 is 0. The summed E-state index contributed by atoms with van der Waals surface area (Å²) in [5.41, 5.74) is 13.3. The number of nitrogens with two attached hydrogens (primary N) is 2. The summed E-state index contributed by atoms with van der Waals surface area (Å²) in [5.74, 6) is 1.44. The first-order valence-electron chi connectivity index (χ1n) is 4.58. The summed E-state index contributed by atoms with van der Waals surface area (Å²) in [6, 6.07) is 3.65. The molecule has 0 unspecified atom stereocenters. The van der Waals surface area contributed by atoms with Gasteiger partial charge in [0.25, 0.3) is 0 Å². The van der Waals surface area contributed by atoms with Crippen LogP contribution in [0.15, 0.2) is 12.1 Å². The van der Waals surface area contributed by atoms with Gasteiger partial charge in [0.1, 0.15) is 11.5 Å². The van der Waals surface area contributed by atoms with Gasteiger partial charge in [-0.3, -0.25) is 0 Å². The zero-order chi connectivity index (χ0) is 10.1. The summed E-state index contributed by atoms with van der Waals surface area (Å²) in [6.07, 6.45) is 0.833. The average molecular weight is 194 g/mol. The van der Waals surface area contributed by atoms with Crippen molar-refractivity contribution in [3.05, 3.63) is 17.7 Å². The van der Waals surface area contributed by atoms with Gasteiger partial charge in [0.2, 0.25) is 0 Å². The van der Waals surface area contributed by atoms with E-state index in [1.54, 1.807) is 13.2 Å². The molecule has 1 heterocycles. The molecule has 1 aliphatic rings. The molecule has 1 aromatic carbocycles. The quantitative estimate of drug-likeness (QED) is 0.656. The fourth-order valence-electron chi connectivity index (χ4n) is 1.63. The third kappa shape index (κ3) is 1.37. The standard InChI is InChI=1S/C10H14N2O2/c1-13-10-4-6-7(11)2-3-14-9(6)5-8(10)12/h4-5,7H,2-3,11-12H2,1H3/t7-/m1/s1. The van der Waals surface area contributed by atoms with Gasteiger partial charge in [0.15, 0.2) is 0 Å². The number of methoxy groups -OCH3 is 1. The molecule has 0 aliphatic carbocycles. The van der Waals surface area contributed by atoms with Gasteiger partial charge in [-0.15, -0.1) is 0 Å². The van der Waals surface area contributed by atoms with Crippen LogP contribution >= 0.6 is 0 Å². The van der Waals surface area contributed by atoms with E-state index in [2.05, 4.69) is 0 Å². The fraction of sp³-hybridized carbons (Fsp3) is 0.400. The van der Waals surface area contributed by atoms with Gasteiger partial charge in [-0.05, 0) is 6.07 Å². The lowest BCUT2D eigenvalue weighted by molar-refractivity contribution is 0.268. The van der Waals surface area contributed by atoms with Crippen molar-refractivity contribution in [1.82, 2.24) is 0 Å². The summed E-state index contributed by atoms with van der Waals surface area (Å²) in [4.78, 5) is 0. The molecule has 0 radical (unpaired) electrons. The molecule has 0 aromatic heterocycles. The van der Waals surface area contributed by atoms with Gasteiger partial charge in [0, 0.05) is 24.1 Å². The van der Waals surface area contributed by atoms with Crippen molar-refractivity contribution in [2.75, 3.05) is 19.5 Å². The number of hydrogen-bond donors (Lipinski definition) is 2. The number of benzene rings is 1. The first-order chi connectivity index (χ1) is 6.72. The Bertz CT molecular complexity index is 352. The average Bonchev–Trinajstić information content (AvgIpc) is 2.17. The molecule has 4 N–H and O–H groups in total. The Morgan fingerprint density at radius 1 is 1.50 bits per heavy atom. The van der Waals surface area contributed by atoms with E-state index in [1.165, 1.54) is 0 Å². The third-order valence-corrected chi connectivity index (χ3v) is 2.45. The van der Waals surface area contributed by atoms with E-state index >= 15 is 0 Å². The monoisotopic (exact) mass is 194 g/mol. The molecular formula is C10H14N2O2. The Hall–Kier alpha value is -1.42. The first-order valence-corrected chi connectivity index (χ1v) is 4.58. The zero-order valence-corrected chi connectivity index (χ0v) is 8.12. The number of hydrogen-bond acceptors (Lipinski definition) is 4. The van der Waals surface area contributed by atoms with Crippen LogP contribution in [0.3, 0.4) is 0 Å². The van der Waals surface area contributed by atoms with E-state index in [4.69, 9.17) is 20.9 Å². The molecule has 0 fully saturated rings. The van der Waals surface area contributed by atoms with Crippen LogP contribution < -0.4 is 20.9 Å². The number of nitrogen functional groups attached to an aromatic ring is 1. The Morgan fingerprint density at radius 2 is 2.29 bits per heavy atom. The minimum atomic E-state index is 0.0215. The summed E-state index contributed by atoms with van der Waals surface area (Å²) in [5, 5.41) is 0. The van der Waals surface area contributed by atoms with Crippen LogP contribution in [0.4, 0.5) is 5.69 Å². The van der Waals surface area contributed by atoms with Crippen LogP contribution in [-0.4, -0.2) is 13.7 Å². The van der Waals surface area contributed by atoms with Crippen LogP contribution in [0, 0.1) is 0 Å². The van der Waals surface area contributed by atoms with Gasteiger partial charge in [-0.2, -0.15) is 0 Å². The Labute approximate surface area is 82.8 Å². The van der Waals surface area contributed by atoms with Crippen molar-refractivity contribution in [3.8, 4) is 11.5 Å². The maximum absolute atomic E-state index is 5.94. The molecule has 1 aliphatic heterocycles. The van der Waals surface area contributed by atoms with Crippen molar-refractivity contribution in [1.29, 1.82) is 0 Å². The second-order valence-electron chi connectivity index (χ2n) is 3.38. The Kier molecular flexibility index (Phi) is 2.21. The normalized spacial score (nSPS) is 19.7. The lowest BCUT2D eigenvalue weighted by atomic mass is 10.0. The molecular weight excluding hydrogens is 180 g/mol. The summed E-state index contributed by atoms with van der Waals surface area (Å²) in [6.45, 7) is 0.653. The highest BCUT2D eigenvalue weighted by Crippen LogP contribution is 2.37. The molecule has 14 heavy (non-hydrogen) atoms. The van der Waals surface area contributed by atoms with Crippen LogP contribution in [0.2, 0.25) is 0 Å². The Morgan fingerprint density at radius 3 is 3.00 bits per heavy atom. The largest absolute Gasteiger partial charge is 0.495 e. The predicted molar refractivity (Wildman–Crippen MR) is 54.4 cm³/mol. The van der Waals surface area contributed by atoms with E-state index in [9.17, 15) is 0 Å². The second-order valence-corrected chi connectivity index (χ2v) is 3.38. The molecule has 0 spiro atoms. The van der Waals surface area contributed by atoms with Gasteiger partial charge in [-0.1, -0.05) is 0 Å². The topological polar surface area (TPSA) is 70.5 Å². The molecule has 0 amide bonds. The van der Waals surface area contributed by atoms with E-state index in [-0.39, 0.29) is 6.04 Å². The number of rotatable bonds is 1. The van der Waals surface area contributed by atoms with Crippen LogP contribution in [-0.2, 0) is 0 Å². The molecule has 4 heteroatoms. The molecule has 0 saturated carbocycles. The fourth-order valence-corrected chi connectivity index (χ4v) is 1.63. The molecule has 76 valence electrons. The maximum Gasteiger partial charge on any atom is 0.142 e. The van der Waals surface area contributed by atoms with E-state index in [0.717, 1.165) is 17.7 Å². The highest BCUT2D eigenvalue weighted by atomic mass is 16.5. The SMILES string of the molecule is COc1cc2c(cc1N)OCC[C@H]2N. The third-order valence-electron chi connectivity index (χ3n) is 2.45. The maximum atomic E-state index is 5.94. The van der Waals surface area contributed by atoms with Crippen LogP contribution in [0.25, 0.3) is 0 Å². The van der Waals surface area contributed by atoms with Gasteiger partial charge in [-0.25, -0.2) is 0 Å². The molecule has 0 bridgehead atoms. The molecule has 1 aromatic rings. The predicted octanol–water partition coefficient (Wildman–Crippen LogP) is 1.06. The first kappa shape index (κ1) is 9.15. The molecule has 4 nitrogen and oxygen atoms in total. The zero-order valence-electron chi connectivity index (χ0n) is 8.12. The number of anilines is 1. The van der Waals surface area contributed by atoms with Gasteiger partial charge >= 0.3 is 0 Å². The van der Waals surface area contributed by atoms with Crippen molar-refractivity contribution < 1.29 is 9.47 Å². The van der Waals surface area contributed by atoms with Gasteiger partial charge < -0.3 is 20.9 Å². The van der Waals surface area contributed by atoms with Gasteiger partial charge in [0.05, 0.1) is 19.4 Å². The number of ether oxygens (including phenoxy) is 2. The molecule has 1 atom stereocenters. The van der Waals surface area contributed by atoms with Crippen LogP contribution in [0.1, 0.15) is 18.0 Å². The lowest BCUT2D eigenvalue weighted by Crippen LogP contribution is -2.20. The van der Waals surface area contributed by atoms with E-state index in [0.29, 0.717) is 18.0 Å². The van der Waals surface area contributed by atoms with E-state index < -0.39 is 0 Å². The molecule has 2 rings (SSSR count). The van der Waals surface area contributed by atoms with Crippen molar-refractivity contribution in [2.24, 2.45) is 5.73 Å². The Balaban J connectivity index is 2.49. The highest BCUT2D eigenvalue weighted by Gasteiger charge is 2.20. The highest BCUT2D eigenvalue weighted by molar-refractivity contribution is 5.60.